The lowest BCUT2D eigenvalue weighted by atomic mass is 9.90. The number of halogens is 1. The van der Waals surface area contributed by atoms with Crippen molar-refractivity contribution >= 4 is 35.7 Å². The molecule has 0 aliphatic carbocycles. The van der Waals surface area contributed by atoms with E-state index in [-0.39, 0.29) is 24.0 Å². The maximum atomic E-state index is 12.9. The molecule has 2 aliphatic rings. The van der Waals surface area contributed by atoms with Gasteiger partial charge < -0.3 is 14.4 Å². The molecule has 0 fully saturated rings. The van der Waals surface area contributed by atoms with Crippen LogP contribution in [0.2, 0.25) is 0 Å². The zero-order valence-electron chi connectivity index (χ0n) is 23.4. The monoisotopic (exact) mass is 537 g/mol. The number of allylic oxidation sites excluding steroid dienone is 1. The number of ether oxygens (including phenoxy) is 2. The number of carbonyl (C=O) groups excluding carboxylic acids is 1. The molecule has 1 aromatic rings. The Balaban J connectivity index is 0.00000456. The molecule has 2 heterocycles. The highest BCUT2D eigenvalue weighted by Gasteiger charge is 2.39. The molecule has 0 aromatic heterocycles. The van der Waals surface area contributed by atoms with E-state index in [1.165, 1.54) is 41.7 Å². The Bertz CT molecular complexity index is 894. The third-order valence-electron chi connectivity index (χ3n) is 7.41. The first-order chi connectivity index (χ1) is 16.8. The van der Waals surface area contributed by atoms with Crippen molar-refractivity contribution in [3.8, 4) is 11.5 Å². The van der Waals surface area contributed by atoms with E-state index in [2.05, 4.69) is 58.6 Å². The number of fused-ring (bicyclic) bond motifs is 2. The van der Waals surface area contributed by atoms with Gasteiger partial charge in [-0.1, -0.05) is 53.4 Å². The van der Waals surface area contributed by atoms with E-state index in [9.17, 15) is 4.79 Å². The lowest BCUT2D eigenvalue weighted by molar-refractivity contribution is -0.134. The molecule has 36 heavy (non-hydrogen) atoms. The largest absolute Gasteiger partial charge is 0.482 e. The van der Waals surface area contributed by atoms with Crippen molar-refractivity contribution in [1.29, 1.82) is 0 Å². The average Bonchev–Trinajstić information content (AvgIpc) is 3.31. The van der Waals surface area contributed by atoms with Gasteiger partial charge in [-0.2, -0.15) is 0 Å². The number of aryl methyl sites for hydroxylation is 1. The molecule has 0 spiro atoms. The summed E-state index contributed by atoms with van der Waals surface area (Å²) >= 11 is 1.88. The highest BCUT2D eigenvalue weighted by molar-refractivity contribution is 8.03. The zero-order valence-corrected chi connectivity index (χ0v) is 25.0. The molecule has 2 aliphatic heterocycles. The number of rotatable bonds is 14. The Hall–Kier alpha value is -1.17. The maximum Gasteiger partial charge on any atom is 0.311 e. The second-order valence-electron chi connectivity index (χ2n) is 10.7. The van der Waals surface area contributed by atoms with Gasteiger partial charge in [-0.3, -0.25) is 4.79 Å². The van der Waals surface area contributed by atoms with Crippen LogP contribution in [0.1, 0.15) is 104 Å². The van der Waals surface area contributed by atoms with Crippen LogP contribution in [0.4, 0.5) is 0 Å². The Kier molecular flexibility index (Phi) is 12.7. The van der Waals surface area contributed by atoms with Crippen molar-refractivity contribution in [2.45, 2.75) is 105 Å². The fraction of sp³-hybridized carbons (Fsp3) is 0.700. The van der Waals surface area contributed by atoms with Gasteiger partial charge in [0.25, 0.3) is 0 Å². The van der Waals surface area contributed by atoms with Crippen molar-refractivity contribution in [2.75, 3.05) is 25.4 Å². The first-order valence-electron chi connectivity index (χ1n) is 13.9. The van der Waals surface area contributed by atoms with Gasteiger partial charge in [-0.05, 0) is 88.4 Å². The summed E-state index contributed by atoms with van der Waals surface area (Å²) in [4.78, 5) is 16.5. The first-order valence-corrected chi connectivity index (χ1v) is 14.9. The fourth-order valence-electron chi connectivity index (χ4n) is 5.26. The average molecular weight is 538 g/mol. The summed E-state index contributed by atoms with van der Waals surface area (Å²) in [5.41, 5.74) is 3.20. The molecule has 3 rings (SSSR count). The maximum absolute atomic E-state index is 12.9. The van der Waals surface area contributed by atoms with E-state index >= 15 is 0 Å². The van der Waals surface area contributed by atoms with Gasteiger partial charge >= 0.3 is 5.97 Å². The van der Waals surface area contributed by atoms with Crippen LogP contribution in [0, 0.1) is 5.92 Å². The van der Waals surface area contributed by atoms with Crippen LogP contribution in [0.25, 0.3) is 5.57 Å². The molecule has 204 valence electrons. The fourth-order valence-corrected chi connectivity index (χ4v) is 6.54. The van der Waals surface area contributed by atoms with E-state index in [1.54, 1.807) is 0 Å². The number of carbonyl (C=O) groups is 1. The van der Waals surface area contributed by atoms with Crippen LogP contribution in [0.15, 0.2) is 17.0 Å². The Morgan fingerprint density at radius 3 is 2.58 bits per heavy atom. The van der Waals surface area contributed by atoms with Crippen LogP contribution in [-0.2, 0) is 11.2 Å². The van der Waals surface area contributed by atoms with Crippen LogP contribution >= 0.6 is 24.2 Å². The van der Waals surface area contributed by atoms with Gasteiger partial charge in [0.15, 0.2) is 0 Å². The van der Waals surface area contributed by atoms with Crippen LogP contribution < -0.4 is 9.47 Å². The van der Waals surface area contributed by atoms with E-state index in [1.807, 2.05) is 11.8 Å². The predicted molar refractivity (Wildman–Crippen MR) is 157 cm³/mol. The molecule has 0 bridgehead atoms. The van der Waals surface area contributed by atoms with Gasteiger partial charge in [0.2, 0.25) is 0 Å². The second-order valence-corrected chi connectivity index (χ2v) is 11.8. The minimum atomic E-state index is -0.333. The molecule has 6 heteroatoms. The normalized spacial score (nSPS) is 16.8. The van der Waals surface area contributed by atoms with Crippen molar-refractivity contribution in [3.63, 3.8) is 0 Å². The molecule has 0 amide bonds. The summed E-state index contributed by atoms with van der Waals surface area (Å²) in [6.45, 7) is 16.2. The van der Waals surface area contributed by atoms with E-state index in [4.69, 9.17) is 9.47 Å². The van der Waals surface area contributed by atoms with Crippen LogP contribution in [0.3, 0.4) is 0 Å². The van der Waals surface area contributed by atoms with Crippen molar-refractivity contribution in [3.05, 3.63) is 28.2 Å². The first kappa shape index (κ1) is 31.1. The molecular formula is C30H48ClNO3S. The van der Waals surface area contributed by atoms with Gasteiger partial charge in [0.05, 0.1) is 5.56 Å². The summed E-state index contributed by atoms with van der Waals surface area (Å²) < 4.78 is 12.6. The number of esters is 1. The molecule has 1 atom stereocenters. The summed E-state index contributed by atoms with van der Waals surface area (Å²) in [7, 11) is 0. The molecule has 4 nitrogen and oxygen atoms in total. The highest BCUT2D eigenvalue weighted by atomic mass is 35.5. The minimum absolute atomic E-state index is 0. The van der Waals surface area contributed by atoms with Crippen molar-refractivity contribution in [2.24, 2.45) is 5.92 Å². The Morgan fingerprint density at radius 1 is 1.14 bits per heavy atom. The lowest BCUT2D eigenvalue weighted by Gasteiger charge is -2.35. The quantitative estimate of drug-likeness (QED) is 0.135. The van der Waals surface area contributed by atoms with Crippen molar-refractivity contribution < 1.29 is 14.3 Å². The van der Waals surface area contributed by atoms with E-state index < -0.39 is 0 Å². The number of thioether (sulfide) groups is 1. The van der Waals surface area contributed by atoms with E-state index in [0.717, 1.165) is 62.4 Å². The van der Waals surface area contributed by atoms with Crippen LogP contribution in [0.5, 0.6) is 11.5 Å². The summed E-state index contributed by atoms with van der Waals surface area (Å²) in [5, 5.41) is 0. The number of nitrogens with zero attached hydrogens (tertiary/aromatic N) is 1. The third kappa shape index (κ3) is 8.16. The zero-order chi connectivity index (χ0) is 25.4. The molecular weight excluding hydrogens is 490 g/mol. The molecule has 1 aromatic carbocycles. The molecule has 0 saturated carbocycles. The topological polar surface area (TPSA) is 38.8 Å². The van der Waals surface area contributed by atoms with Crippen molar-refractivity contribution in [1.82, 2.24) is 4.90 Å². The van der Waals surface area contributed by atoms with Gasteiger partial charge in [-0.15, -0.1) is 24.2 Å². The highest BCUT2D eigenvalue weighted by Crippen LogP contribution is 2.54. The lowest BCUT2D eigenvalue weighted by Crippen LogP contribution is -2.32. The standard InChI is InChI=1S/C30H47NO3S.ClH/c1-7-10-11-13-22(4)15-16-23-20-25(33-27(32)14-12-18-31(8-2)9-3)28-24-17-19-35-29(24)30(5,6)34-26(28)21-23;/h20-22H,7-19H2,1-6H3;1H. The van der Waals surface area contributed by atoms with E-state index in [0.29, 0.717) is 18.1 Å². The number of unbranched alkanes of at least 4 members (excludes halogenated alkanes) is 2. The molecule has 1 unspecified atom stereocenters. The Morgan fingerprint density at radius 2 is 1.89 bits per heavy atom. The smallest absolute Gasteiger partial charge is 0.311 e. The van der Waals surface area contributed by atoms with Crippen LogP contribution in [-0.4, -0.2) is 41.9 Å². The summed E-state index contributed by atoms with van der Waals surface area (Å²) in [6.07, 6.45) is 9.57. The molecule has 0 N–H and O–H groups in total. The number of benzene rings is 1. The molecule has 0 saturated heterocycles. The third-order valence-corrected chi connectivity index (χ3v) is 8.85. The van der Waals surface area contributed by atoms with Gasteiger partial charge in [-0.25, -0.2) is 0 Å². The van der Waals surface area contributed by atoms with Gasteiger partial charge in [0.1, 0.15) is 17.1 Å². The van der Waals surface area contributed by atoms with Gasteiger partial charge in [0, 0.05) is 17.1 Å². The second kappa shape index (κ2) is 14.7. The Labute approximate surface area is 230 Å². The summed E-state index contributed by atoms with van der Waals surface area (Å²) in [5.74, 6) is 3.21. The SMILES string of the molecule is CCCCCC(C)CCc1cc(OC(=O)CCCN(CC)CC)c2c(c1)OC(C)(C)C1=C2CCS1.Cl. The predicted octanol–water partition coefficient (Wildman–Crippen LogP) is 8.30. The minimum Gasteiger partial charge on any atom is -0.482 e. The summed E-state index contributed by atoms with van der Waals surface area (Å²) in [6, 6.07) is 4.33. The number of hydrogen-bond acceptors (Lipinski definition) is 5. The molecule has 0 radical (unpaired) electrons. The number of hydrogen-bond donors (Lipinski definition) is 0.